The van der Waals surface area contributed by atoms with Crippen LogP contribution in [0, 0.1) is 0 Å². The number of aryl methyl sites for hydroxylation is 1. The fourth-order valence-corrected chi connectivity index (χ4v) is 4.22. The van der Waals surface area contributed by atoms with Crippen molar-refractivity contribution in [2.24, 2.45) is 0 Å². The number of fused-ring (bicyclic) bond motifs is 3. The molecule has 5 nitrogen and oxygen atoms in total. The van der Waals surface area contributed by atoms with Crippen molar-refractivity contribution in [3.63, 3.8) is 0 Å². The van der Waals surface area contributed by atoms with Crippen molar-refractivity contribution >= 4 is 28.9 Å². The summed E-state index contributed by atoms with van der Waals surface area (Å²) in [6.45, 7) is 4.06. The number of thiophene rings is 1. The van der Waals surface area contributed by atoms with Gasteiger partial charge in [-0.3, -0.25) is 4.79 Å². The number of amides is 1. The zero-order valence-electron chi connectivity index (χ0n) is 16.2. The number of para-hydroxylation sites is 1. The van der Waals surface area contributed by atoms with Crippen LogP contribution in [0.2, 0.25) is 0 Å². The van der Waals surface area contributed by atoms with Gasteiger partial charge in [0.1, 0.15) is 17.2 Å². The Hall–Kier alpha value is -3.12. The number of rotatable bonds is 5. The summed E-state index contributed by atoms with van der Waals surface area (Å²) in [6.07, 6.45) is 0.0266. The molecule has 4 rings (SSSR count). The highest BCUT2D eigenvalue weighted by Crippen LogP contribution is 2.42. The second-order valence-electron chi connectivity index (χ2n) is 6.84. The van der Waals surface area contributed by atoms with Gasteiger partial charge >= 0.3 is 5.97 Å². The normalized spacial score (nSPS) is 12.9. The molecule has 0 spiro atoms. The highest BCUT2D eigenvalue weighted by atomic mass is 32.1. The number of esters is 1. The van der Waals surface area contributed by atoms with Crippen LogP contribution in [0.1, 0.15) is 34.6 Å². The number of anilines is 1. The molecular weight excluding hydrogens is 386 g/mol. The predicted octanol–water partition coefficient (Wildman–Crippen LogP) is 5.05. The highest BCUT2D eigenvalue weighted by molar-refractivity contribution is 7.17. The molecule has 29 heavy (non-hydrogen) atoms. The maximum absolute atomic E-state index is 12.6. The van der Waals surface area contributed by atoms with Crippen molar-refractivity contribution in [2.45, 2.75) is 33.0 Å². The molecule has 1 aliphatic rings. The maximum atomic E-state index is 12.6. The van der Waals surface area contributed by atoms with Crippen molar-refractivity contribution in [1.82, 2.24) is 0 Å². The van der Waals surface area contributed by atoms with Crippen molar-refractivity contribution in [1.29, 1.82) is 0 Å². The van der Waals surface area contributed by atoms with Crippen molar-refractivity contribution in [2.75, 3.05) is 5.32 Å². The Morgan fingerprint density at radius 1 is 1.17 bits per heavy atom. The summed E-state index contributed by atoms with van der Waals surface area (Å²) in [6, 6.07) is 17.1. The van der Waals surface area contributed by atoms with E-state index in [2.05, 4.69) is 12.2 Å². The van der Waals surface area contributed by atoms with Crippen molar-refractivity contribution in [3.05, 3.63) is 70.6 Å². The molecule has 2 heterocycles. The summed E-state index contributed by atoms with van der Waals surface area (Å²) in [4.78, 5) is 26.4. The zero-order chi connectivity index (χ0) is 20.4. The van der Waals surface area contributed by atoms with Gasteiger partial charge in [0.25, 0.3) is 5.91 Å². The molecule has 0 bridgehead atoms. The van der Waals surface area contributed by atoms with Crippen LogP contribution in [-0.4, -0.2) is 18.0 Å². The number of ether oxygens (including phenoxy) is 2. The number of carbonyl (C=O) groups is 2. The average molecular weight is 407 g/mol. The number of hydrogen-bond acceptors (Lipinski definition) is 5. The third-order valence-electron chi connectivity index (χ3n) is 4.81. The lowest BCUT2D eigenvalue weighted by molar-refractivity contribution is -0.123. The van der Waals surface area contributed by atoms with Gasteiger partial charge in [0.2, 0.25) is 0 Å². The van der Waals surface area contributed by atoms with E-state index in [1.807, 2.05) is 48.5 Å². The quantitative estimate of drug-likeness (QED) is 0.601. The van der Waals surface area contributed by atoms with Crippen LogP contribution >= 0.6 is 11.3 Å². The predicted molar refractivity (Wildman–Crippen MR) is 113 cm³/mol. The van der Waals surface area contributed by atoms with Gasteiger partial charge in [-0.15, -0.1) is 11.3 Å². The van der Waals surface area contributed by atoms with E-state index in [0.717, 1.165) is 28.2 Å². The molecular formula is C23H21NO4S. The van der Waals surface area contributed by atoms with E-state index in [1.54, 1.807) is 13.0 Å². The minimum absolute atomic E-state index is 0.363. The summed E-state index contributed by atoms with van der Waals surface area (Å²) in [7, 11) is 0. The van der Waals surface area contributed by atoms with Crippen molar-refractivity contribution < 1.29 is 19.1 Å². The van der Waals surface area contributed by atoms with Crippen LogP contribution in [0.3, 0.4) is 0 Å². The Morgan fingerprint density at radius 2 is 1.93 bits per heavy atom. The first kappa shape index (κ1) is 19.2. The van der Waals surface area contributed by atoms with Crippen molar-refractivity contribution in [3.8, 4) is 16.2 Å². The van der Waals surface area contributed by atoms with Gasteiger partial charge in [-0.05, 0) is 49.2 Å². The van der Waals surface area contributed by atoms with Gasteiger partial charge in [-0.2, -0.15) is 0 Å². The molecule has 1 aromatic heterocycles. The molecule has 0 saturated heterocycles. The Morgan fingerprint density at radius 3 is 2.69 bits per heavy atom. The van der Waals surface area contributed by atoms with Gasteiger partial charge in [-0.25, -0.2) is 4.79 Å². The first-order chi connectivity index (χ1) is 14.0. The molecule has 0 fully saturated rings. The van der Waals surface area contributed by atoms with Crippen LogP contribution < -0.4 is 10.1 Å². The molecule has 0 unspecified atom stereocenters. The molecule has 6 heteroatoms. The van der Waals surface area contributed by atoms with E-state index in [1.165, 1.54) is 16.9 Å². The minimum atomic E-state index is -0.906. The third kappa shape index (κ3) is 4.03. The van der Waals surface area contributed by atoms with Crippen LogP contribution in [0.25, 0.3) is 10.4 Å². The number of hydrogen-bond donors (Lipinski definition) is 1. The largest absolute Gasteiger partial charge is 0.488 e. The highest BCUT2D eigenvalue weighted by Gasteiger charge is 2.25. The SMILES string of the molecule is CCc1ccc(NC(=O)[C@@H](C)OC(=O)c2cc3c(s2)-c2ccccc2OC3)cc1. The summed E-state index contributed by atoms with van der Waals surface area (Å²) in [5.41, 5.74) is 3.79. The number of benzene rings is 2. The molecule has 0 radical (unpaired) electrons. The van der Waals surface area contributed by atoms with E-state index >= 15 is 0 Å². The van der Waals surface area contributed by atoms with Crippen LogP contribution in [0.4, 0.5) is 5.69 Å². The molecule has 0 saturated carbocycles. The second kappa shape index (κ2) is 8.09. The van der Waals surface area contributed by atoms with E-state index in [-0.39, 0.29) is 5.91 Å². The molecule has 148 valence electrons. The Balaban J connectivity index is 1.43. The number of carbonyl (C=O) groups excluding carboxylic acids is 2. The monoisotopic (exact) mass is 407 g/mol. The topological polar surface area (TPSA) is 64.6 Å². The molecule has 1 atom stereocenters. The Kier molecular flexibility index (Phi) is 5.36. The molecule has 1 N–H and O–H groups in total. The molecule has 0 aliphatic carbocycles. The van der Waals surface area contributed by atoms with Crippen LogP contribution in [-0.2, 0) is 22.6 Å². The third-order valence-corrected chi connectivity index (χ3v) is 6.00. The summed E-state index contributed by atoms with van der Waals surface area (Å²) in [5, 5.41) is 2.78. The van der Waals surface area contributed by atoms with Gasteiger partial charge in [0.05, 0.1) is 0 Å². The summed E-state index contributed by atoms with van der Waals surface area (Å²) >= 11 is 1.36. The Bertz CT molecular complexity index is 1050. The van der Waals surface area contributed by atoms with Gasteiger partial charge in [-0.1, -0.05) is 31.2 Å². The maximum Gasteiger partial charge on any atom is 0.349 e. The standard InChI is InChI=1S/C23H21NO4S/c1-3-15-8-10-17(11-9-15)24-22(25)14(2)28-23(26)20-12-16-13-27-19-7-5-4-6-18(19)21(16)29-20/h4-12,14H,3,13H2,1-2H3,(H,24,25)/t14-/m1/s1. The van der Waals surface area contributed by atoms with Crippen LogP contribution in [0.5, 0.6) is 5.75 Å². The number of nitrogens with one attached hydrogen (secondary N) is 1. The van der Waals surface area contributed by atoms with Gasteiger partial charge in [0, 0.05) is 21.7 Å². The van der Waals surface area contributed by atoms with E-state index in [9.17, 15) is 9.59 Å². The molecule has 1 aliphatic heterocycles. The lowest BCUT2D eigenvalue weighted by atomic mass is 10.1. The van der Waals surface area contributed by atoms with Gasteiger partial charge < -0.3 is 14.8 Å². The first-order valence-corrected chi connectivity index (χ1v) is 10.3. The van der Waals surface area contributed by atoms with E-state index in [4.69, 9.17) is 9.47 Å². The lowest BCUT2D eigenvalue weighted by Gasteiger charge is -2.16. The Labute approximate surface area is 173 Å². The smallest absolute Gasteiger partial charge is 0.349 e. The van der Waals surface area contributed by atoms with E-state index < -0.39 is 12.1 Å². The zero-order valence-corrected chi connectivity index (χ0v) is 17.0. The summed E-state index contributed by atoms with van der Waals surface area (Å²) in [5.74, 6) is -0.0629. The fourth-order valence-electron chi connectivity index (χ4n) is 3.14. The average Bonchev–Trinajstić information content (AvgIpc) is 3.19. The summed E-state index contributed by atoms with van der Waals surface area (Å²) < 4.78 is 11.1. The van der Waals surface area contributed by atoms with E-state index in [0.29, 0.717) is 17.2 Å². The van der Waals surface area contributed by atoms with Crippen LogP contribution in [0.15, 0.2) is 54.6 Å². The minimum Gasteiger partial charge on any atom is -0.488 e. The molecule has 3 aromatic rings. The molecule has 2 aromatic carbocycles. The second-order valence-corrected chi connectivity index (χ2v) is 7.89. The first-order valence-electron chi connectivity index (χ1n) is 9.51. The van der Waals surface area contributed by atoms with Gasteiger partial charge in [0.15, 0.2) is 6.10 Å². The lowest BCUT2D eigenvalue weighted by Crippen LogP contribution is -2.29. The fraction of sp³-hybridized carbons (Fsp3) is 0.217. The molecule has 1 amide bonds.